The quantitative estimate of drug-likeness (QED) is 0.171. The van der Waals surface area contributed by atoms with Crippen molar-refractivity contribution in [2.45, 2.75) is 0 Å². The molecule has 0 fully saturated rings. The van der Waals surface area contributed by atoms with Crippen molar-refractivity contribution < 1.29 is 4.42 Å². The van der Waals surface area contributed by atoms with Crippen molar-refractivity contribution in [1.82, 2.24) is 9.13 Å². The number of fused-ring (bicyclic) bond motifs is 10. The Hall–Kier alpha value is -8.14. The fourth-order valence-electron chi connectivity index (χ4n) is 9.92. The molecule has 0 saturated carbocycles. The minimum absolute atomic E-state index is 0.893. The van der Waals surface area contributed by atoms with Crippen LogP contribution in [-0.4, -0.2) is 9.13 Å². The van der Waals surface area contributed by atoms with E-state index < -0.39 is 0 Å². The van der Waals surface area contributed by atoms with Gasteiger partial charge in [-0.05, 0) is 99.3 Å². The SMILES string of the molecule is c1ccc(-c2cccc3c4cc(-c5ccc6c(c5)c5ccccc5n6-c5ccc6c(c5)oc5ccccc56)ccc4n(-c4ccc(-c5cccc6ccccc56)cc4)c23)cc1. The Morgan fingerprint density at radius 2 is 0.836 bits per heavy atom. The summed E-state index contributed by atoms with van der Waals surface area (Å²) in [5.41, 5.74) is 16.0. The van der Waals surface area contributed by atoms with E-state index in [9.17, 15) is 0 Å². The van der Waals surface area contributed by atoms with E-state index in [1.54, 1.807) is 0 Å². The van der Waals surface area contributed by atoms with Crippen LogP contribution in [-0.2, 0) is 0 Å². The van der Waals surface area contributed by atoms with Crippen molar-refractivity contribution in [2.24, 2.45) is 0 Å². The lowest BCUT2D eigenvalue weighted by molar-refractivity contribution is 0.668. The minimum atomic E-state index is 0.893. The van der Waals surface area contributed by atoms with Gasteiger partial charge in [-0.3, -0.25) is 0 Å². The monoisotopic (exact) mass is 776 g/mol. The van der Waals surface area contributed by atoms with Gasteiger partial charge in [0.25, 0.3) is 0 Å². The summed E-state index contributed by atoms with van der Waals surface area (Å²) in [6.45, 7) is 0. The molecule has 3 heterocycles. The van der Waals surface area contributed by atoms with Crippen LogP contribution in [0.1, 0.15) is 0 Å². The molecule has 284 valence electrons. The highest BCUT2D eigenvalue weighted by molar-refractivity contribution is 6.16. The van der Waals surface area contributed by atoms with Crippen molar-refractivity contribution in [1.29, 1.82) is 0 Å². The summed E-state index contributed by atoms with van der Waals surface area (Å²) in [4.78, 5) is 0. The number of rotatable bonds is 5. The summed E-state index contributed by atoms with van der Waals surface area (Å²) in [5, 5.41) is 9.69. The molecule has 0 aliphatic rings. The molecule has 0 spiro atoms. The van der Waals surface area contributed by atoms with Gasteiger partial charge >= 0.3 is 0 Å². The summed E-state index contributed by atoms with van der Waals surface area (Å²) >= 11 is 0. The number of para-hydroxylation sites is 3. The van der Waals surface area contributed by atoms with Gasteiger partial charge in [0.15, 0.2) is 0 Å². The average Bonchev–Trinajstić information content (AvgIpc) is 3.98. The predicted octanol–water partition coefficient (Wildman–Crippen LogP) is 15.9. The molecule has 0 bridgehead atoms. The maximum atomic E-state index is 6.34. The van der Waals surface area contributed by atoms with Gasteiger partial charge in [0, 0.05) is 55.3 Å². The first-order valence-electron chi connectivity index (χ1n) is 20.9. The molecule has 0 unspecified atom stereocenters. The minimum Gasteiger partial charge on any atom is -0.456 e. The van der Waals surface area contributed by atoms with E-state index in [0.29, 0.717) is 0 Å². The van der Waals surface area contributed by atoms with Gasteiger partial charge in [0.2, 0.25) is 0 Å². The maximum absolute atomic E-state index is 6.34. The van der Waals surface area contributed by atoms with Crippen LogP contribution in [0.15, 0.2) is 223 Å². The molecule has 10 aromatic carbocycles. The number of hydrogen-bond acceptors (Lipinski definition) is 1. The predicted molar refractivity (Wildman–Crippen MR) is 256 cm³/mol. The highest BCUT2D eigenvalue weighted by atomic mass is 16.3. The van der Waals surface area contributed by atoms with Crippen LogP contribution in [0.5, 0.6) is 0 Å². The Kier molecular flexibility index (Phi) is 7.31. The topological polar surface area (TPSA) is 23.0 Å². The van der Waals surface area contributed by atoms with Gasteiger partial charge in [-0.25, -0.2) is 0 Å². The number of benzene rings is 10. The smallest absolute Gasteiger partial charge is 0.137 e. The van der Waals surface area contributed by atoms with Crippen molar-refractivity contribution in [3.63, 3.8) is 0 Å². The van der Waals surface area contributed by atoms with Crippen LogP contribution < -0.4 is 0 Å². The zero-order valence-electron chi connectivity index (χ0n) is 33.1. The van der Waals surface area contributed by atoms with E-state index in [0.717, 1.165) is 38.8 Å². The first-order valence-corrected chi connectivity index (χ1v) is 20.9. The third-order valence-electron chi connectivity index (χ3n) is 12.7. The Morgan fingerprint density at radius 3 is 1.67 bits per heavy atom. The molecule has 0 radical (unpaired) electrons. The number of hydrogen-bond donors (Lipinski definition) is 0. The summed E-state index contributed by atoms with van der Waals surface area (Å²) in [5.74, 6) is 0. The zero-order chi connectivity index (χ0) is 40.0. The van der Waals surface area contributed by atoms with Crippen molar-refractivity contribution in [2.75, 3.05) is 0 Å². The van der Waals surface area contributed by atoms with Crippen LogP contribution >= 0.6 is 0 Å². The number of nitrogens with zero attached hydrogens (tertiary/aromatic N) is 2. The van der Waals surface area contributed by atoms with Crippen LogP contribution in [0.25, 0.3) is 121 Å². The van der Waals surface area contributed by atoms with Crippen LogP contribution in [0.2, 0.25) is 0 Å². The fraction of sp³-hybridized carbons (Fsp3) is 0. The molecular formula is C58H36N2O. The molecule has 0 aliphatic heterocycles. The molecular weight excluding hydrogens is 741 g/mol. The van der Waals surface area contributed by atoms with E-state index in [2.05, 4.69) is 215 Å². The number of aromatic nitrogens is 2. The third kappa shape index (κ3) is 5.17. The van der Waals surface area contributed by atoms with Gasteiger partial charge in [0.05, 0.1) is 22.1 Å². The lowest BCUT2D eigenvalue weighted by Crippen LogP contribution is -1.96. The molecule has 13 rings (SSSR count). The molecule has 0 N–H and O–H groups in total. The largest absolute Gasteiger partial charge is 0.456 e. The molecule has 3 aromatic heterocycles. The van der Waals surface area contributed by atoms with Crippen LogP contribution in [0, 0.1) is 0 Å². The molecule has 13 aromatic rings. The standard InChI is InChI=1S/C58H36N2O/c1-2-12-38(13-3-1)46-20-11-21-50-52-35-41(27-33-55(52)60(58(46)50)42-28-24-39(25-29-42)45-19-10-15-37-14-4-5-16-44(37)45)40-26-32-54-51(34-40)47-17-6-8-22-53(47)59(54)43-30-31-49-48-18-7-9-23-56(48)61-57(49)36-43/h1-36H. The zero-order valence-corrected chi connectivity index (χ0v) is 33.1. The molecule has 3 nitrogen and oxygen atoms in total. The summed E-state index contributed by atoms with van der Waals surface area (Å²) in [7, 11) is 0. The molecule has 0 aliphatic carbocycles. The molecule has 61 heavy (non-hydrogen) atoms. The molecule has 0 saturated heterocycles. The summed E-state index contributed by atoms with van der Waals surface area (Å²) in [6, 6.07) is 79.3. The van der Waals surface area contributed by atoms with Gasteiger partial charge in [-0.1, -0.05) is 152 Å². The lowest BCUT2D eigenvalue weighted by atomic mass is 9.98. The van der Waals surface area contributed by atoms with Crippen LogP contribution in [0.4, 0.5) is 0 Å². The Bertz CT molecular complexity index is 3860. The van der Waals surface area contributed by atoms with E-state index in [1.165, 1.54) is 82.2 Å². The lowest BCUT2D eigenvalue weighted by Gasteiger charge is -2.13. The van der Waals surface area contributed by atoms with Gasteiger partial charge in [-0.2, -0.15) is 0 Å². The van der Waals surface area contributed by atoms with Gasteiger partial charge in [-0.15, -0.1) is 0 Å². The Labute approximate surface area is 351 Å². The Morgan fingerprint density at radius 1 is 0.279 bits per heavy atom. The van der Waals surface area contributed by atoms with E-state index >= 15 is 0 Å². The second-order valence-corrected chi connectivity index (χ2v) is 16.1. The second kappa shape index (κ2) is 13.2. The van der Waals surface area contributed by atoms with E-state index in [1.807, 2.05) is 12.1 Å². The van der Waals surface area contributed by atoms with Crippen molar-refractivity contribution >= 4 is 76.3 Å². The highest BCUT2D eigenvalue weighted by Crippen LogP contribution is 2.42. The summed E-state index contributed by atoms with van der Waals surface area (Å²) in [6.07, 6.45) is 0. The Balaban J connectivity index is 0.977. The first-order chi connectivity index (χ1) is 30.2. The fourth-order valence-corrected chi connectivity index (χ4v) is 9.92. The molecule has 0 atom stereocenters. The third-order valence-corrected chi connectivity index (χ3v) is 12.7. The highest BCUT2D eigenvalue weighted by Gasteiger charge is 2.19. The van der Waals surface area contributed by atoms with Gasteiger partial charge in [0.1, 0.15) is 11.2 Å². The first kappa shape index (κ1) is 33.8. The number of furan rings is 1. The molecule has 3 heteroatoms. The normalized spacial score (nSPS) is 11.9. The van der Waals surface area contributed by atoms with E-state index in [-0.39, 0.29) is 0 Å². The van der Waals surface area contributed by atoms with Crippen molar-refractivity contribution in [3.8, 4) is 44.8 Å². The van der Waals surface area contributed by atoms with Crippen molar-refractivity contribution in [3.05, 3.63) is 218 Å². The maximum Gasteiger partial charge on any atom is 0.137 e. The van der Waals surface area contributed by atoms with E-state index in [4.69, 9.17) is 4.42 Å². The molecule has 0 amide bonds. The van der Waals surface area contributed by atoms with Gasteiger partial charge < -0.3 is 13.6 Å². The summed E-state index contributed by atoms with van der Waals surface area (Å²) < 4.78 is 11.2. The average molecular weight is 777 g/mol. The van der Waals surface area contributed by atoms with Crippen LogP contribution in [0.3, 0.4) is 0 Å². The second-order valence-electron chi connectivity index (χ2n) is 16.1.